The van der Waals surface area contributed by atoms with Gasteiger partial charge in [-0.3, -0.25) is 23.7 Å². The quantitative estimate of drug-likeness (QED) is 0.114. The Morgan fingerprint density at radius 3 is 2.29 bits per heavy atom. The smallest absolute Gasteiger partial charge is 0.469 e. The van der Waals surface area contributed by atoms with Gasteiger partial charge in [0.2, 0.25) is 11.8 Å². The van der Waals surface area contributed by atoms with Gasteiger partial charge < -0.3 is 30.6 Å². The number of carboxylic acids is 1. The van der Waals surface area contributed by atoms with Gasteiger partial charge in [0, 0.05) is 30.7 Å². The molecule has 0 fully saturated rings. The van der Waals surface area contributed by atoms with Crippen LogP contribution in [0.2, 0.25) is 0 Å². The number of aliphatic hydroxyl groups is 1. The van der Waals surface area contributed by atoms with Crippen LogP contribution in [-0.2, 0) is 28.3 Å². The summed E-state index contributed by atoms with van der Waals surface area (Å²) in [5.41, 5.74) is -1.28. The van der Waals surface area contributed by atoms with Gasteiger partial charge in [-0.1, -0.05) is 25.6 Å². The van der Waals surface area contributed by atoms with E-state index in [1.54, 1.807) is 0 Å². The molecule has 0 bridgehead atoms. The number of aliphatic carboxylic acids is 1. The molecule has 2 amide bonds. The lowest BCUT2D eigenvalue weighted by atomic mass is 9.87. The highest BCUT2D eigenvalue weighted by Crippen LogP contribution is 2.38. The number of hydrogen-bond acceptors (Lipinski definition) is 8. The molecule has 0 unspecified atom stereocenters. The van der Waals surface area contributed by atoms with Gasteiger partial charge in [0.05, 0.1) is 6.61 Å². The molecule has 0 aliphatic rings. The molecule has 14 heteroatoms. The number of nitrogens with one attached hydrogen (secondary N) is 2. The summed E-state index contributed by atoms with van der Waals surface area (Å²) >= 11 is 0.784. The van der Waals surface area contributed by atoms with Crippen molar-refractivity contribution in [3.8, 4) is 0 Å². The monoisotopic (exact) mass is 444 g/mol. The van der Waals surface area contributed by atoms with E-state index in [4.69, 9.17) is 14.9 Å². The van der Waals surface area contributed by atoms with Gasteiger partial charge in [-0.2, -0.15) is 0 Å². The Balaban J connectivity index is 4.09. The number of amides is 2. The number of aliphatic hydroxyl groups excluding tert-OH is 1. The number of carboxylic acid groups (broad SMARTS) is 1. The normalized spacial score (nSPS) is 12.9. The highest BCUT2D eigenvalue weighted by molar-refractivity contribution is 8.13. The van der Waals surface area contributed by atoms with Gasteiger partial charge in [-0.25, -0.2) is 4.57 Å². The van der Waals surface area contributed by atoms with E-state index in [1.807, 2.05) is 0 Å². The van der Waals surface area contributed by atoms with Crippen molar-refractivity contribution in [3.05, 3.63) is 0 Å². The summed E-state index contributed by atoms with van der Waals surface area (Å²) in [6, 6.07) is 0. The molecule has 0 aromatic carbocycles. The summed E-state index contributed by atoms with van der Waals surface area (Å²) in [5, 5.41) is 22.7. The predicted molar refractivity (Wildman–Crippen MR) is 98.1 cm³/mol. The Kier molecular flexibility index (Phi) is 11.5. The predicted octanol–water partition coefficient (Wildman–Crippen LogP) is -1.16. The Labute approximate surface area is 165 Å². The number of carbonyl (C=O) groups excluding carboxylic acids is 3. The standard InChI is InChI=1S/C14H25N2O10PS/c1-14(2,8-26-27(23,24)25)12(21)13(22)16-4-3-9(17)15-5-6-28-11(20)7-10(18)19/h12,21H,3-8H2,1-2H3,(H,15,17)(H,16,22)(H,18,19)(H2,23,24,25)/t12-/m1/s1. The third-order valence-electron chi connectivity index (χ3n) is 3.23. The van der Waals surface area contributed by atoms with Crippen molar-refractivity contribution in [2.75, 3.05) is 25.4 Å². The molecule has 0 rings (SSSR count). The van der Waals surface area contributed by atoms with Crippen molar-refractivity contribution in [2.45, 2.75) is 32.8 Å². The minimum atomic E-state index is -4.74. The van der Waals surface area contributed by atoms with E-state index in [9.17, 15) is 28.8 Å². The summed E-state index contributed by atoms with van der Waals surface area (Å²) in [4.78, 5) is 62.3. The van der Waals surface area contributed by atoms with Gasteiger partial charge in [0.15, 0.2) is 5.12 Å². The molecule has 0 aromatic rings. The van der Waals surface area contributed by atoms with Crippen LogP contribution in [0.1, 0.15) is 26.7 Å². The van der Waals surface area contributed by atoms with E-state index in [0.29, 0.717) is 0 Å². The maximum atomic E-state index is 11.9. The Hall–Kier alpha value is -1.50. The molecule has 0 aromatic heterocycles. The second-order valence-electron chi connectivity index (χ2n) is 6.34. The zero-order valence-electron chi connectivity index (χ0n) is 15.4. The van der Waals surface area contributed by atoms with Crippen LogP contribution < -0.4 is 10.6 Å². The van der Waals surface area contributed by atoms with Crippen molar-refractivity contribution >= 4 is 42.5 Å². The highest BCUT2D eigenvalue weighted by Gasteiger charge is 2.35. The Morgan fingerprint density at radius 1 is 1.14 bits per heavy atom. The number of thioether (sulfide) groups is 1. The van der Waals surface area contributed by atoms with Crippen LogP contribution in [0, 0.1) is 5.41 Å². The van der Waals surface area contributed by atoms with Crippen molar-refractivity contribution in [3.63, 3.8) is 0 Å². The van der Waals surface area contributed by atoms with Gasteiger partial charge in [-0.15, -0.1) is 0 Å². The van der Waals surface area contributed by atoms with Crippen LogP contribution in [0.25, 0.3) is 0 Å². The number of rotatable bonds is 13. The second-order valence-corrected chi connectivity index (χ2v) is 8.73. The largest absolute Gasteiger partial charge is 0.481 e. The molecule has 0 radical (unpaired) electrons. The summed E-state index contributed by atoms with van der Waals surface area (Å²) in [6.07, 6.45) is -2.33. The van der Waals surface area contributed by atoms with E-state index in [0.717, 1.165) is 11.8 Å². The minimum Gasteiger partial charge on any atom is -0.481 e. The molecule has 0 aliphatic heterocycles. The molecule has 0 saturated heterocycles. The van der Waals surface area contributed by atoms with E-state index in [2.05, 4.69) is 15.2 Å². The molecule has 6 N–H and O–H groups in total. The molecular weight excluding hydrogens is 419 g/mol. The lowest BCUT2D eigenvalue weighted by Crippen LogP contribution is -2.46. The fraction of sp³-hybridized carbons (Fsp3) is 0.714. The van der Waals surface area contributed by atoms with Crippen LogP contribution in [0.3, 0.4) is 0 Å². The van der Waals surface area contributed by atoms with Crippen LogP contribution in [-0.4, -0.2) is 74.5 Å². The first-order valence-corrected chi connectivity index (χ1v) is 10.6. The summed E-state index contributed by atoms with van der Waals surface area (Å²) in [6.45, 7) is 2.23. The van der Waals surface area contributed by atoms with Crippen LogP contribution in [0.15, 0.2) is 0 Å². The molecular formula is C14H25N2O10PS. The third-order valence-corrected chi connectivity index (χ3v) is 4.57. The first kappa shape index (κ1) is 26.5. The zero-order valence-corrected chi connectivity index (χ0v) is 17.1. The molecule has 162 valence electrons. The first-order valence-electron chi connectivity index (χ1n) is 8.04. The maximum absolute atomic E-state index is 11.9. The van der Waals surface area contributed by atoms with E-state index in [-0.39, 0.29) is 25.3 Å². The van der Waals surface area contributed by atoms with Crippen molar-refractivity contribution in [1.29, 1.82) is 0 Å². The molecule has 0 spiro atoms. The summed E-state index contributed by atoms with van der Waals surface area (Å²) in [5.74, 6) is -2.28. The van der Waals surface area contributed by atoms with Gasteiger partial charge in [0.25, 0.3) is 0 Å². The third kappa shape index (κ3) is 12.8. The number of phosphoric ester groups is 1. The SMILES string of the molecule is CC(C)(COP(=O)(O)O)[C@H](O)C(=O)NCCC(=O)NCCSC(=O)CC(=O)O. The summed E-state index contributed by atoms with van der Waals surface area (Å²) in [7, 11) is -4.74. The van der Waals surface area contributed by atoms with Crippen LogP contribution in [0.5, 0.6) is 0 Å². The molecule has 0 aliphatic carbocycles. The van der Waals surface area contributed by atoms with Crippen LogP contribution >= 0.6 is 19.6 Å². The molecule has 0 heterocycles. The van der Waals surface area contributed by atoms with Crippen molar-refractivity contribution in [2.24, 2.45) is 5.41 Å². The topological polar surface area (TPSA) is 200 Å². The fourth-order valence-electron chi connectivity index (χ4n) is 1.70. The number of hydrogen-bond donors (Lipinski definition) is 6. The highest BCUT2D eigenvalue weighted by atomic mass is 32.2. The average molecular weight is 444 g/mol. The zero-order chi connectivity index (χ0) is 22.0. The minimum absolute atomic E-state index is 0.0950. The van der Waals surface area contributed by atoms with E-state index in [1.165, 1.54) is 13.8 Å². The lowest BCUT2D eigenvalue weighted by molar-refractivity contribution is -0.139. The van der Waals surface area contributed by atoms with Gasteiger partial charge in [0.1, 0.15) is 12.5 Å². The Morgan fingerprint density at radius 2 is 1.75 bits per heavy atom. The van der Waals surface area contributed by atoms with Crippen molar-refractivity contribution < 1.29 is 48.3 Å². The number of phosphoric acid groups is 1. The van der Waals surface area contributed by atoms with Gasteiger partial charge in [-0.05, 0) is 0 Å². The van der Waals surface area contributed by atoms with Gasteiger partial charge >= 0.3 is 13.8 Å². The summed E-state index contributed by atoms with van der Waals surface area (Å²) < 4.78 is 15.0. The molecule has 28 heavy (non-hydrogen) atoms. The van der Waals surface area contributed by atoms with Crippen LogP contribution in [0.4, 0.5) is 0 Å². The molecule has 12 nitrogen and oxygen atoms in total. The first-order chi connectivity index (χ1) is 12.7. The Bertz CT molecular complexity index is 621. The average Bonchev–Trinajstić information content (AvgIpc) is 2.55. The number of carbonyl (C=O) groups is 4. The second kappa shape index (κ2) is 12.1. The van der Waals surface area contributed by atoms with Crippen molar-refractivity contribution in [1.82, 2.24) is 10.6 Å². The maximum Gasteiger partial charge on any atom is 0.469 e. The van der Waals surface area contributed by atoms with E-state index < -0.39 is 55.3 Å². The fourth-order valence-corrected chi connectivity index (χ4v) is 2.86. The lowest BCUT2D eigenvalue weighted by Gasteiger charge is -2.29. The van der Waals surface area contributed by atoms with E-state index >= 15 is 0 Å². The molecule has 1 atom stereocenters. The molecule has 0 saturated carbocycles.